The number of hydrogen-bond donors (Lipinski definition) is 1. The fraction of sp³-hybridized carbons (Fsp3) is 0.125. The van der Waals surface area contributed by atoms with Crippen LogP contribution in [0.5, 0.6) is 5.75 Å². The minimum Gasteiger partial charge on any atom is -0.483 e. The van der Waals surface area contributed by atoms with Crippen LogP contribution >= 0.6 is 27.7 Å². The first-order valence-corrected chi connectivity index (χ1v) is 12.0. The fourth-order valence-electron chi connectivity index (χ4n) is 3.13. The highest BCUT2D eigenvalue weighted by atomic mass is 79.9. The van der Waals surface area contributed by atoms with Crippen LogP contribution in [0.3, 0.4) is 0 Å². The lowest BCUT2D eigenvalue weighted by molar-refractivity contribution is -0.113. The molecule has 1 unspecified atom stereocenters. The molecule has 0 aliphatic rings. The molecule has 10 heteroatoms. The van der Waals surface area contributed by atoms with Gasteiger partial charge in [0.25, 0.3) is 0 Å². The lowest BCUT2D eigenvalue weighted by atomic mass is 10.3. The number of nitrogens with one attached hydrogen (secondary N) is 1. The third-order valence-corrected chi connectivity index (χ3v) is 6.12. The van der Waals surface area contributed by atoms with Crippen molar-refractivity contribution in [1.29, 1.82) is 0 Å². The molecule has 1 N–H and O–H groups in total. The second-order valence-corrected chi connectivity index (χ2v) is 9.04. The molecule has 0 saturated carbocycles. The van der Waals surface area contributed by atoms with E-state index in [0.29, 0.717) is 21.2 Å². The van der Waals surface area contributed by atoms with Gasteiger partial charge in [0.2, 0.25) is 5.91 Å². The highest BCUT2D eigenvalue weighted by Crippen LogP contribution is 2.28. The van der Waals surface area contributed by atoms with E-state index in [9.17, 15) is 13.6 Å². The minimum atomic E-state index is -0.533. The Kier molecular flexibility index (Phi) is 7.59. The zero-order valence-electron chi connectivity index (χ0n) is 17.9. The summed E-state index contributed by atoms with van der Waals surface area (Å²) in [6.45, 7) is 1.81. The van der Waals surface area contributed by atoms with Crippen molar-refractivity contribution in [2.45, 2.75) is 18.2 Å². The number of carbonyl (C=O) groups is 1. The van der Waals surface area contributed by atoms with Gasteiger partial charge in [-0.2, -0.15) is 0 Å². The van der Waals surface area contributed by atoms with Crippen molar-refractivity contribution in [3.8, 4) is 11.4 Å². The van der Waals surface area contributed by atoms with Gasteiger partial charge in [-0.05, 0) is 61.5 Å². The molecule has 174 valence electrons. The third kappa shape index (κ3) is 5.81. The van der Waals surface area contributed by atoms with Gasteiger partial charge in [-0.25, -0.2) is 8.78 Å². The molecule has 1 amide bonds. The van der Waals surface area contributed by atoms with Crippen LogP contribution in [0.2, 0.25) is 0 Å². The van der Waals surface area contributed by atoms with Crippen molar-refractivity contribution in [3.05, 3.63) is 94.7 Å². The fourth-order valence-corrected chi connectivity index (χ4v) is 4.23. The SMILES string of the molecule is CC(Oc1ccc(F)cc1)c1nnc(SCC(=O)Nc2ccc(Br)cc2F)n1-c1ccccc1. The monoisotopic (exact) mass is 544 g/mol. The Balaban J connectivity index is 1.53. The molecule has 0 radical (unpaired) electrons. The number of para-hydroxylation sites is 1. The minimum absolute atomic E-state index is 0.00628. The largest absolute Gasteiger partial charge is 0.483 e. The second kappa shape index (κ2) is 10.8. The predicted molar refractivity (Wildman–Crippen MR) is 130 cm³/mol. The van der Waals surface area contributed by atoms with E-state index in [1.54, 1.807) is 10.6 Å². The van der Waals surface area contributed by atoms with Crippen molar-refractivity contribution in [3.63, 3.8) is 0 Å². The summed E-state index contributed by atoms with van der Waals surface area (Å²) in [5.74, 6) is -0.278. The van der Waals surface area contributed by atoms with Crippen LogP contribution in [0.1, 0.15) is 18.9 Å². The summed E-state index contributed by atoms with van der Waals surface area (Å²) in [5.41, 5.74) is 0.888. The first kappa shape index (κ1) is 23.9. The van der Waals surface area contributed by atoms with Gasteiger partial charge < -0.3 is 10.1 Å². The normalized spacial score (nSPS) is 11.8. The Bertz CT molecular complexity index is 1290. The van der Waals surface area contributed by atoms with E-state index >= 15 is 0 Å². The Morgan fingerprint density at radius 1 is 1.09 bits per heavy atom. The number of carbonyl (C=O) groups excluding carboxylic acids is 1. The average Bonchev–Trinajstić information content (AvgIpc) is 3.26. The maximum absolute atomic E-state index is 14.0. The third-order valence-electron chi connectivity index (χ3n) is 4.70. The van der Waals surface area contributed by atoms with Gasteiger partial charge >= 0.3 is 0 Å². The van der Waals surface area contributed by atoms with Crippen molar-refractivity contribution < 1.29 is 18.3 Å². The summed E-state index contributed by atoms with van der Waals surface area (Å²) in [4.78, 5) is 12.5. The predicted octanol–water partition coefficient (Wildman–Crippen LogP) is 6.18. The zero-order chi connectivity index (χ0) is 24.1. The number of thioether (sulfide) groups is 1. The summed E-state index contributed by atoms with van der Waals surface area (Å²) >= 11 is 4.36. The Hall–Kier alpha value is -3.24. The number of aromatic nitrogens is 3. The van der Waals surface area contributed by atoms with Gasteiger partial charge in [-0.1, -0.05) is 45.9 Å². The summed E-state index contributed by atoms with van der Waals surface area (Å²) in [6, 6.07) is 19.5. The van der Waals surface area contributed by atoms with Crippen LogP contribution < -0.4 is 10.1 Å². The molecule has 6 nitrogen and oxygen atoms in total. The molecule has 1 aromatic heterocycles. The molecule has 1 heterocycles. The van der Waals surface area contributed by atoms with Crippen molar-refractivity contribution in [1.82, 2.24) is 14.8 Å². The van der Waals surface area contributed by atoms with Gasteiger partial charge in [-0.15, -0.1) is 10.2 Å². The average molecular weight is 545 g/mol. The van der Waals surface area contributed by atoms with E-state index in [1.807, 2.05) is 37.3 Å². The van der Waals surface area contributed by atoms with E-state index in [2.05, 4.69) is 31.4 Å². The smallest absolute Gasteiger partial charge is 0.234 e. The highest BCUT2D eigenvalue weighted by molar-refractivity contribution is 9.10. The molecule has 0 saturated heterocycles. The number of halogens is 3. The molecular formula is C24H19BrF2N4O2S. The first-order chi connectivity index (χ1) is 16.4. The van der Waals surface area contributed by atoms with Crippen molar-refractivity contribution in [2.24, 2.45) is 0 Å². The maximum Gasteiger partial charge on any atom is 0.234 e. The van der Waals surface area contributed by atoms with Crippen molar-refractivity contribution >= 4 is 39.3 Å². The van der Waals surface area contributed by atoms with Crippen molar-refractivity contribution in [2.75, 3.05) is 11.1 Å². The molecule has 0 aliphatic carbocycles. The molecule has 1 atom stereocenters. The number of rotatable bonds is 8. The van der Waals surface area contributed by atoms with E-state index in [4.69, 9.17) is 4.74 Å². The van der Waals surface area contributed by atoms with E-state index < -0.39 is 11.9 Å². The number of benzene rings is 3. The van der Waals surface area contributed by atoms with Crippen LogP contribution in [0.25, 0.3) is 5.69 Å². The van der Waals surface area contributed by atoms with E-state index in [1.165, 1.54) is 48.2 Å². The quantitative estimate of drug-likeness (QED) is 0.268. The molecule has 0 aliphatic heterocycles. The Labute approximate surface area is 207 Å². The summed E-state index contributed by atoms with van der Waals surface area (Å²) in [6.07, 6.45) is -0.516. The van der Waals surface area contributed by atoms with Crippen LogP contribution in [0.4, 0.5) is 14.5 Å². The standard InChI is InChI=1S/C24H19BrF2N4O2S/c1-15(33-19-10-8-17(26)9-11-19)23-29-30-24(31(23)18-5-3-2-4-6-18)34-14-22(32)28-21-12-7-16(25)13-20(21)27/h2-13,15H,14H2,1H3,(H,28,32). The van der Waals surface area contributed by atoms with E-state index in [-0.39, 0.29) is 23.2 Å². The van der Waals surface area contributed by atoms with Gasteiger partial charge in [0.1, 0.15) is 17.4 Å². The summed E-state index contributed by atoms with van der Waals surface area (Å²) in [7, 11) is 0. The zero-order valence-corrected chi connectivity index (χ0v) is 20.3. The molecule has 0 spiro atoms. The lowest BCUT2D eigenvalue weighted by Gasteiger charge is -2.16. The molecule has 4 aromatic rings. The molecular weight excluding hydrogens is 526 g/mol. The molecule has 4 rings (SSSR count). The van der Waals surface area contributed by atoms with Crippen LogP contribution in [0, 0.1) is 11.6 Å². The van der Waals surface area contributed by atoms with Crippen LogP contribution in [0.15, 0.2) is 82.4 Å². The van der Waals surface area contributed by atoms with Gasteiger partial charge in [-0.3, -0.25) is 9.36 Å². The molecule has 34 heavy (non-hydrogen) atoms. The lowest BCUT2D eigenvalue weighted by Crippen LogP contribution is -2.16. The second-order valence-electron chi connectivity index (χ2n) is 7.19. The number of nitrogens with zero attached hydrogens (tertiary/aromatic N) is 3. The van der Waals surface area contributed by atoms with E-state index in [0.717, 1.165) is 5.69 Å². The summed E-state index contributed by atoms with van der Waals surface area (Å²) in [5, 5.41) is 11.6. The Morgan fingerprint density at radius 3 is 2.53 bits per heavy atom. The molecule has 0 bridgehead atoms. The number of amides is 1. The van der Waals surface area contributed by atoms with Gasteiger partial charge in [0.05, 0.1) is 11.4 Å². The maximum atomic E-state index is 14.0. The summed E-state index contributed by atoms with van der Waals surface area (Å²) < 4.78 is 35.6. The highest BCUT2D eigenvalue weighted by Gasteiger charge is 2.22. The number of anilines is 1. The van der Waals surface area contributed by atoms with Crippen LogP contribution in [-0.2, 0) is 4.79 Å². The molecule has 3 aromatic carbocycles. The topological polar surface area (TPSA) is 69.0 Å². The molecule has 0 fully saturated rings. The van der Waals surface area contributed by atoms with Crippen LogP contribution in [-0.4, -0.2) is 26.4 Å². The van der Waals surface area contributed by atoms with Gasteiger partial charge in [0.15, 0.2) is 17.1 Å². The number of ether oxygens (including phenoxy) is 1. The van der Waals surface area contributed by atoms with Gasteiger partial charge in [0, 0.05) is 10.2 Å². The Morgan fingerprint density at radius 2 is 1.82 bits per heavy atom. The first-order valence-electron chi connectivity index (χ1n) is 10.2. The number of hydrogen-bond acceptors (Lipinski definition) is 5.